The topological polar surface area (TPSA) is 56.2 Å². The van der Waals surface area contributed by atoms with E-state index in [-0.39, 0.29) is 0 Å². The molecule has 0 aliphatic carbocycles. The highest BCUT2D eigenvalue weighted by molar-refractivity contribution is 4.88. The quantitative estimate of drug-likeness (QED) is 0.769. The second-order valence-corrected chi connectivity index (χ2v) is 7.85. The van der Waals surface area contributed by atoms with Gasteiger partial charge in [0.1, 0.15) is 0 Å². The van der Waals surface area contributed by atoms with Crippen LogP contribution in [0.4, 0.5) is 0 Å². The fourth-order valence-electron chi connectivity index (χ4n) is 4.51. The first kappa shape index (κ1) is 17.6. The molecule has 3 aliphatic rings. The maximum absolute atomic E-state index is 10.6. The number of aliphatic hydroxyl groups is 2. The Morgan fingerprint density at radius 1 is 1.04 bits per heavy atom. The summed E-state index contributed by atoms with van der Waals surface area (Å²) in [5, 5.41) is 21.1. The molecule has 0 aromatic carbocycles. The Bertz CT molecular complexity index is 354. The SMILES string of the molecule is OC(CN1CCCC1CN1CCCCC1)CC1(O)CCOCC1. The molecule has 0 bridgehead atoms. The van der Waals surface area contributed by atoms with Gasteiger partial charge in [0.05, 0.1) is 11.7 Å². The Balaban J connectivity index is 1.45. The summed E-state index contributed by atoms with van der Waals surface area (Å²) in [5.74, 6) is 0. The van der Waals surface area contributed by atoms with Crippen molar-refractivity contribution < 1.29 is 14.9 Å². The highest BCUT2D eigenvalue weighted by atomic mass is 16.5. The van der Waals surface area contributed by atoms with E-state index in [1.54, 1.807) is 0 Å². The third-order valence-corrected chi connectivity index (χ3v) is 5.90. The number of likely N-dealkylation sites (tertiary alicyclic amines) is 2. The minimum absolute atomic E-state index is 0.431. The van der Waals surface area contributed by atoms with Crippen molar-refractivity contribution in [2.75, 3.05) is 45.9 Å². The Hall–Kier alpha value is -0.200. The summed E-state index contributed by atoms with van der Waals surface area (Å²) in [5.41, 5.74) is -0.722. The van der Waals surface area contributed by atoms with Gasteiger partial charge in [0, 0.05) is 38.8 Å². The van der Waals surface area contributed by atoms with Crippen molar-refractivity contribution in [3.05, 3.63) is 0 Å². The molecule has 0 amide bonds. The molecule has 3 heterocycles. The van der Waals surface area contributed by atoms with Gasteiger partial charge in [-0.1, -0.05) is 6.42 Å². The van der Waals surface area contributed by atoms with E-state index in [1.807, 2.05) is 0 Å². The molecule has 0 radical (unpaired) electrons. The molecule has 3 rings (SSSR count). The number of nitrogens with zero attached hydrogens (tertiary/aromatic N) is 2. The van der Waals surface area contributed by atoms with Crippen LogP contribution < -0.4 is 0 Å². The van der Waals surface area contributed by atoms with Gasteiger partial charge in [-0.25, -0.2) is 0 Å². The van der Waals surface area contributed by atoms with E-state index in [2.05, 4.69) is 9.80 Å². The van der Waals surface area contributed by atoms with Gasteiger partial charge >= 0.3 is 0 Å². The molecule has 3 aliphatic heterocycles. The molecule has 2 atom stereocenters. The molecule has 0 saturated carbocycles. The van der Waals surface area contributed by atoms with Crippen molar-refractivity contribution in [2.24, 2.45) is 0 Å². The summed E-state index contributed by atoms with van der Waals surface area (Å²) >= 11 is 0. The van der Waals surface area contributed by atoms with E-state index in [0.29, 0.717) is 45.1 Å². The summed E-state index contributed by atoms with van der Waals surface area (Å²) in [6.07, 6.45) is 7.91. The number of β-amino-alcohol motifs (C(OH)–C–C–N with tert-alkyl or cyclic N) is 1. The van der Waals surface area contributed by atoms with Crippen LogP contribution in [0.2, 0.25) is 0 Å². The predicted octanol–water partition coefficient (Wildman–Crippen LogP) is 1.23. The summed E-state index contributed by atoms with van der Waals surface area (Å²) in [4.78, 5) is 5.06. The minimum Gasteiger partial charge on any atom is -0.392 e. The highest BCUT2D eigenvalue weighted by Crippen LogP contribution is 2.27. The molecule has 0 aromatic rings. The van der Waals surface area contributed by atoms with Gasteiger partial charge in [0.15, 0.2) is 0 Å². The van der Waals surface area contributed by atoms with Crippen LogP contribution in [-0.2, 0) is 4.74 Å². The Morgan fingerprint density at radius 2 is 1.78 bits per heavy atom. The third kappa shape index (κ3) is 5.13. The molecule has 2 N–H and O–H groups in total. The van der Waals surface area contributed by atoms with Gasteiger partial charge in [-0.15, -0.1) is 0 Å². The second-order valence-electron chi connectivity index (χ2n) is 7.85. The van der Waals surface area contributed by atoms with Crippen molar-refractivity contribution in [1.82, 2.24) is 9.80 Å². The number of hydrogen-bond acceptors (Lipinski definition) is 5. The number of ether oxygens (including phenoxy) is 1. The number of rotatable bonds is 6. The summed E-state index contributed by atoms with van der Waals surface area (Å²) in [7, 11) is 0. The fraction of sp³-hybridized carbons (Fsp3) is 1.00. The molecule has 5 nitrogen and oxygen atoms in total. The van der Waals surface area contributed by atoms with Crippen LogP contribution in [-0.4, -0.2) is 83.7 Å². The average molecular weight is 326 g/mol. The van der Waals surface area contributed by atoms with Crippen molar-refractivity contribution in [1.29, 1.82) is 0 Å². The Kier molecular flexibility index (Phi) is 6.32. The summed E-state index contributed by atoms with van der Waals surface area (Å²) in [6.45, 7) is 6.68. The molecule has 0 aromatic heterocycles. The minimum atomic E-state index is -0.722. The summed E-state index contributed by atoms with van der Waals surface area (Å²) in [6, 6.07) is 0.590. The highest BCUT2D eigenvalue weighted by Gasteiger charge is 2.34. The lowest BCUT2D eigenvalue weighted by molar-refractivity contribution is -0.0899. The predicted molar refractivity (Wildman–Crippen MR) is 90.5 cm³/mol. The number of piperidine rings is 1. The molecule has 3 saturated heterocycles. The van der Waals surface area contributed by atoms with E-state index in [4.69, 9.17) is 4.74 Å². The van der Waals surface area contributed by atoms with Gasteiger partial charge in [-0.2, -0.15) is 0 Å². The standard InChI is InChI=1S/C18H34N2O3/c21-17(13-18(22)6-11-23-12-7-18)15-20-10-4-5-16(20)14-19-8-2-1-3-9-19/h16-17,21-22H,1-15H2. The molecule has 5 heteroatoms. The molecule has 134 valence electrons. The smallest absolute Gasteiger partial charge is 0.0716 e. The Morgan fingerprint density at radius 3 is 2.52 bits per heavy atom. The van der Waals surface area contributed by atoms with Crippen LogP contribution in [0.5, 0.6) is 0 Å². The lowest BCUT2D eigenvalue weighted by Crippen LogP contribution is -2.47. The van der Waals surface area contributed by atoms with E-state index in [0.717, 1.165) is 13.1 Å². The van der Waals surface area contributed by atoms with Gasteiger partial charge in [-0.05, 0) is 58.2 Å². The first-order valence-electron chi connectivity index (χ1n) is 9.59. The zero-order valence-electron chi connectivity index (χ0n) is 14.5. The molecular weight excluding hydrogens is 292 g/mol. The second kappa shape index (κ2) is 8.26. The summed E-state index contributed by atoms with van der Waals surface area (Å²) < 4.78 is 5.32. The molecule has 3 fully saturated rings. The molecule has 23 heavy (non-hydrogen) atoms. The number of hydrogen-bond donors (Lipinski definition) is 2. The fourth-order valence-corrected chi connectivity index (χ4v) is 4.51. The van der Waals surface area contributed by atoms with Crippen molar-refractivity contribution >= 4 is 0 Å². The van der Waals surface area contributed by atoms with Gasteiger partial charge in [-0.3, -0.25) is 4.90 Å². The van der Waals surface area contributed by atoms with Crippen LogP contribution in [0.25, 0.3) is 0 Å². The normalized spacial score (nSPS) is 31.3. The van der Waals surface area contributed by atoms with Gasteiger partial charge in [0.2, 0.25) is 0 Å². The average Bonchev–Trinajstić information content (AvgIpc) is 2.95. The first-order valence-corrected chi connectivity index (χ1v) is 9.59. The number of aliphatic hydroxyl groups excluding tert-OH is 1. The van der Waals surface area contributed by atoms with Crippen molar-refractivity contribution in [3.63, 3.8) is 0 Å². The van der Waals surface area contributed by atoms with Crippen LogP contribution in [0.15, 0.2) is 0 Å². The monoisotopic (exact) mass is 326 g/mol. The lowest BCUT2D eigenvalue weighted by atomic mass is 9.88. The van der Waals surface area contributed by atoms with Gasteiger partial charge < -0.3 is 19.8 Å². The maximum atomic E-state index is 10.6. The molecule has 2 unspecified atom stereocenters. The van der Waals surface area contributed by atoms with Crippen molar-refractivity contribution in [3.8, 4) is 0 Å². The third-order valence-electron chi connectivity index (χ3n) is 5.90. The van der Waals surface area contributed by atoms with Crippen LogP contribution >= 0.6 is 0 Å². The lowest BCUT2D eigenvalue weighted by Gasteiger charge is -2.36. The van der Waals surface area contributed by atoms with Crippen molar-refractivity contribution in [2.45, 2.75) is 69.1 Å². The van der Waals surface area contributed by atoms with E-state index in [9.17, 15) is 10.2 Å². The maximum Gasteiger partial charge on any atom is 0.0716 e. The van der Waals surface area contributed by atoms with E-state index < -0.39 is 11.7 Å². The first-order chi connectivity index (χ1) is 11.1. The van der Waals surface area contributed by atoms with Crippen LogP contribution in [0.3, 0.4) is 0 Å². The Labute approximate surface area is 140 Å². The van der Waals surface area contributed by atoms with Crippen LogP contribution in [0, 0.1) is 0 Å². The van der Waals surface area contributed by atoms with Crippen LogP contribution in [0.1, 0.15) is 51.4 Å². The largest absolute Gasteiger partial charge is 0.392 e. The molecule has 0 spiro atoms. The molecular formula is C18H34N2O3. The van der Waals surface area contributed by atoms with E-state index in [1.165, 1.54) is 45.2 Å². The van der Waals surface area contributed by atoms with E-state index >= 15 is 0 Å². The zero-order valence-corrected chi connectivity index (χ0v) is 14.5. The van der Waals surface area contributed by atoms with Gasteiger partial charge in [0.25, 0.3) is 0 Å². The zero-order chi connectivity index (χ0) is 16.1.